The van der Waals surface area contributed by atoms with E-state index in [0.29, 0.717) is 31.8 Å². The monoisotopic (exact) mass is 432 g/mol. The SMILES string of the molecule is CC(C)(C)OC(=O)N1CCC(c2nnc(N3CC(CS(=O)(=O)F)CC3=O)o2)CC1. The maximum atomic E-state index is 12.9. The molecule has 1 atom stereocenters. The van der Waals surface area contributed by atoms with Crippen molar-refractivity contribution in [2.45, 2.75) is 51.6 Å². The van der Waals surface area contributed by atoms with Crippen LogP contribution in [0.25, 0.3) is 0 Å². The second-order valence-electron chi connectivity index (χ2n) is 8.44. The Hall–Kier alpha value is -2.24. The molecular weight excluding hydrogens is 407 g/mol. The molecule has 0 saturated carbocycles. The highest BCUT2D eigenvalue weighted by Crippen LogP contribution is 2.31. The molecule has 3 heterocycles. The molecule has 0 aliphatic carbocycles. The molecule has 29 heavy (non-hydrogen) atoms. The highest BCUT2D eigenvalue weighted by atomic mass is 32.3. The number of nitrogens with zero attached hydrogens (tertiary/aromatic N) is 4. The van der Waals surface area contributed by atoms with Crippen LogP contribution >= 0.6 is 0 Å². The molecule has 2 fully saturated rings. The number of halogens is 1. The fourth-order valence-electron chi connectivity index (χ4n) is 3.50. The van der Waals surface area contributed by atoms with Crippen molar-refractivity contribution >= 4 is 28.2 Å². The first kappa shape index (κ1) is 21.5. The second-order valence-corrected chi connectivity index (χ2v) is 9.86. The predicted octanol–water partition coefficient (Wildman–Crippen LogP) is 1.84. The van der Waals surface area contributed by atoms with Gasteiger partial charge in [-0.25, -0.2) is 4.79 Å². The quantitative estimate of drug-likeness (QED) is 0.660. The third-order valence-electron chi connectivity index (χ3n) is 4.80. The molecule has 0 bridgehead atoms. The Balaban J connectivity index is 1.57. The molecule has 12 heteroatoms. The van der Waals surface area contributed by atoms with Gasteiger partial charge in [0.05, 0.1) is 5.75 Å². The van der Waals surface area contributed by atoms with E-state index >= 15 is 0 Å². The molecule has 3 rings (SSSR count). The van der Waals surface area contributed by atoms with Gasteiger partial charge < -0.3 is 14.1 Å². The summed E-state index contributed by atoms with van der Waals surface area (Å²) in [7, 11) is -4.66. The van der Waals surface area contributed by atoms with Crippen LogP contribution in [0.4, 0.5) is 14.7 Å². The first-order valence-electron chi connectivity index (χ1n) is 9.45. The van der Waals surface area contributed by atoms with Crippen LogP contribution in [0.15, 0.2) is 4.42 Å². The van der Waals surface area contributed by atoms with Gasteiger partial charge in [0.25, 0.3) is 0 Å². The lowest BCUT2D eigenvalue weighted by atomic mass is 9.97. The summed E-state index contributed by atoms with van der Waals surface area (Å²) < 4.78 is 45.5. The molecule has 1 aromatic heterocycles. The molecule has 10 nitrogen and oxygen atoms in total. The third-order valence-corrected chi connectivity index (χ3v) is 5.67. The number of rotatable bonds is 4. The Morgan fingerprint density at radius 1 is 1.28 bits per heavy atom. The maximum absolute atomic E-state index is 12.9. The van der Waals surface area contributed by atoms with E-state index in [2.05, 4.69) is 10.2 Å². The van der Waals surface area contributed by atoms with E-state index in [-0.39, 0.29) is 36.9 Å². The van der Waals surface area contributed by atoms with Crippen LogP contribution in [0.2, 0.25) is 0 Å². The van der Waals surface area contributed by atoms with E-state index in [1.54, 1.807) is 4.90 Å². The third kappa shape index (κ3) is 5.64. The Bertz CT molecular complexity index is 873. The lowest BCUT2D eigenvalue weighted by Gasteiger charge is -2.32. The van der Waals surface area contributed by atoms with E-state index in [1.165, 1.54) is 4.90 Å². The fraction of sp³-hybridized carbons (Fsp3) is 0.765. The molecule has 2 saturated heterocycles. The molecule has 2 aliphatic heterocycles. The van der Waals surface area contributed by atoms with Crippen LogP contribution in [0.3, 0.4) is 0 Å². The summed E-state index contributed by atoms with van der Waals surface area (Å²) in [6.07, 6.45) is 0.767. The number of hydrogen-bond donors (Lipinski definition) is 0. The van der Waals surface area contributed by atoms with Crippen molar-refractivity contribution in [1.29, 1.82) is 0 Å². The summed E-state index contributed by atoms with van der Waals surface area (Å²) in [5.74, 6) is -1.44. The van der Waals surface area contributed by atoms with E-state index in [1.807, 2.05) is 20.8 Å². The van der Waals surface area contributed by atoms with Gasteiger partial charge in [0, 0.05) is 37.9 Å². The average Bonchev–Trinajstić information content (AvgIpc) is 3.18. The number of aromatic nitrogens is 2. The highest BCUT2D eigenvalue weighted by molar-refractivity contribution is 7.86. The zero-order valence-electron chi connectivity index (χ0n) is 16.6. The largest absolute Gasteiger partial charge is 0.444 e. The first-order valence-corrected chi connectivity index (χ1v) is 11.0. The Morgan fingerprint density at radius 2 is 1.93 bits per heavy atom. The molecular formula is C17H25FN4O6S. The molecule has 0 radical (unpaired) electrons. The van der Waals surface area contributed by atoms with Crippen molar-refractivity contribution < 1.29 is 31.0 Å². The second kappa shape index (κ2) is 7.88. The number of amides is 2. The van der Waals surface area contributed by atoms with Gasteiger partial charge in [-0.1, -0.05) is 5.10 Å². The van der Waals surface area contributed by atoms with Gasteiger partial charge in [0.1, 0.15) is 5.60 Å². The van der Waals surface area contributed by atoms with Crippen LogP contribution < -0.4 is 4.90 Å². The summed E-state index contributed by atoms with van der Waals surface area (Å²) in [5, 5.41) is 7.91. The van der Waals surface area contributed by atoms with E-state index in [4.69, 9.17) is 9.15 Å². The summed E-state index contributed by atoms with van der Waals surface area (Å²) in [6.45, 7) is 6.41. The lowest BCUT2D eigenvalue weighted by Crippen LogP contribution is -2.41. The number of hydrogen-bond acceptors (Lipinski definition) is 8. The standard InChI is InChI=1S/C17H25FN4O6S/c1-17(2,3)28-16(24)21-6-4-12(5-7-21)14-19-20-15(27-14)22-9-11(8-13(22)23)10-29(18,25)26/h11-12H,4-10H2,1-3H3. The van der Waals surface area contributed by atoms with Gasteiger partial charge in [-0.05, 0) is 33.6 Å². The molecule has 0 spiro atoms. The summed E-state index contributed by atoms with van der Waals surface area (Å²) in [5.41, 5.74) is -0.559. The van der Waals surface area contributed by atoms with Crippen LogP contribution in [0.5, 0.6) is 0 Å². The topological polar surface area (TPSA) is 123 Å². The minimum atomic E-state index is -4.66. The highest BCUT2D eigenvalue weighted by Gasteiger charge is 2.37. The number of ether oxygens (including phenoxy) is 1. The summed E-state index contributed by atoms with van der Waals surface area (Å²) in [6, 6.07) is -0.0154. The van der Waals surface area contributed by atoms with Crippen LogP contribution in [-0.4, -0.2) is 66.5 Å². The zero-order valence-corrected chi connectivity index (χ0v) is 17.4. The predicted molar refractivity (Wildman–Crippen MR) is 99.4 cm³/mol. The van der Waals surface area contributed by atoms with Crippen molar-refractivity contribution in [2.24, 2.45) is 5.92 Å². The number of carbonyl (C=O) groups excluding carboxylic acids is 2. The van der Waals surface area contributed by atoms with Crippen molar-refractivity contribution in [3.05, 3.63) is 5.89 Å². The van der Waals surface area contributed by atoms with Gasteiger partial charge in [-0.2, -0.15) is 8.42 Å². The Morgan fingerprint density at radius 3 is 2.52 bits per heavy atom. The van der Waals surface area contributed by atoms with Crippen LogP contribution in [0.1, 0.15) is 51.8 Å². The Labute approximate surface area is 168 Å². The van der Waals surface area contributed by atoms with Gasteiger partial charge in [0.2, 0.25) is 11.8 Å². The molecule has 1 unspecified atom stereocenters. The zero-order chi connectivity index (χ0) is 21.4. The normalized spacial score (nSPS) is 21.7. The smallest absolute Gasteiger partial charge is 0.410 e. The van der Waals surface area contributed by atoms with Gasteiger partial charge in [0.15, 0.2) is 0 Å². The van der Waals surface area contributed by atoms with E-state index in [0.717, 1.165) is 0 Å². The van der Waals surface area contributed by atoms with E-state index < -0.39 is 27.5 Å². The van der Waals surface area contributed by atoms with Gasteiger partial charge >= 0.3 is 22.3 Å². The first-order chi connectivity index (χ1) is 13.4. The molecule has 162 valence electrons. The van der Waals surface area contributed by atoms with Gasteiger partial charge in [-0.3, -0.25) is 9.69 Å². The molecule has 0 aromatic carbocycles. The van der Waals surface area contributed by atoms with Crippen molar-refractivity contribution in [3.63, 3.8) is 0 Å². The molecule has 2 amide bonds. The number of carbonyl (C=O) groups is 2. The minimum absolute atomic E-state index is 0.0146. The molecule has 2 aliphatic rings. The van der Waals surface area contributed by atoms with Gasteiger partial charge in [-0.15, -0.1) is 8.98 Å². The maximum Gasteiger partial charge on any atom is 0.410 e. The average molecular weight is 432 g/mol. The number of anilines is 1. The fourth-order valence-corrected chi connectivity index (χ4v) is 4.28. The van der Waals surface area contributed by atoms with Crippen LogP contribution in [-0.2, 0) is 19.8 Å². The summed E-state index contributed by atoms with van der Waals surface area (Å²) in [4.78, 5) is 27.1. The number of likely N-dealkylation sites (tertiary alicyclic amines) is 1. The van der Waals surface area contributed by atoms with Crippen LogP contribution in [0, 0.1) is 5.92 Å². The molecule has 0 N–H and O–H groups in total. The van der Waals surface area contributed by atoms with Crippen molar-refractivity contribution in [2.75, 3.05) is 30.3 Å². The number of piperidine rings is 1. The Kier molecular flexibility index (Phi) is 5.84. The van der Waals surface area contributed by atoms with E-state index in [9.17, 15) is 21.9 Å². The van der Waals surface area contributed by atoms with Crippen molar-refractivity contribution in [3.8, 4) is 0 Å². The van der Waals surface area contributed by atoms with Crippen molar-refractivity contribution in [1.82, 2.24) is 15.1 Å². The lowest BCUT2D eigenvalue weighted by molar-refractivity contribution is -0.117. The minimum Gasteiger partial charge on any atom is -0.444 e. The summed E-state index contributed by atoms with van der Waals surface area (Å²) >= 11 is 0. The molecule has 1 aromatic rings.